The number of halogens is 3. The molecule has 7 nitrogen and oxygen atoms in total. The van der Waals surface area contributed by atoms with Crippen molar-refractivity contribution in [2.24, 2.45) is 5.73 Å². The van der Waals surface area contributed by atoms with E-state index in [-0.39, 0.29) is 10.0 Å². The average Bonchev–Trinajstić information content (AvgIpc) is 2.10. The predicted molar refractivity (Wildman–Crippen MR) is 56.7 cm³/mol. The first-order valence-corrected chi connectivity index (χ1v) is 6.41. The number of carbonyl (C=O) groups is 2. The van der Waals surface area contributed by atoms with Gasteiger partial charge in [-0.2, -0.15) is 13.2 Å². The maximum Gasteiger partial charge on any atom is 0.390 e. The van der Waals surface area contributed by atoms with Gasteiger partial charge in [0, 0.05) is 12.2 Å². The highest BCUT2D eigenvalue weighted by Gasteiger charge is 2.36. The number of primary amides is 1. The van der Waals surface area contributed by atoms with E-state index in [4.69, 9.17) is 5.73 Å². The quantitative estimate of drug-likeness (QED) is 0.762. The van der Waals surface area contributed by atoms with E-state index in [1.807, 2.05) is 5.32 Å². The summed E-state index contributed by atoms with van der Waals surface area (Å²) in [6.45, 7) is -1.03. The minimum Gasteiger partial charge on any atom is -0.369 e. The van der Waals surface area contributed by atoms with Crippen molar-refractivity contribution in [2.45, 2.75) is 19.0 Å². The Hall–Kier alpha value is -1.78. The molecule has 0 aromatic carbocycles. The topological polar surface area (TPSA) is 110 Å². The molecule has 0 bridgehead atoms. The first kappa shape index (κ1) is 15.3. The zero-order chi connectivity index (χ0) is 14.8. The lowest BCUT2D eigenvalue weighted by Crippen LogP contribution is -2.48. The number of sulfonamides is 1. The van der Waals surface area contributed by atoms with Crippen LogP contribution < -0.4 is 11.1 Å². The van der Waals surface area contributed by atoms with Crippen LogP contribution in [0.3, 0.4) is 0 Å². The molecule has 0 aliphatic carbocycles. The van der Waals surface area contributed by atoms with Crippen LogP contribution in [0.2, 0.25) is 0 Å². The maximum absolute atomic E-state index is 12.0. The molecular weight excluding hydrogens is 291 g/mol. The molecule has 0 radical (unpaired) electrons. The highest BCUT2D eigenvalue weighted by Crippen LogP contribution is 2.22. The van der Waals surface area contributed by atoms with E-state index >= 15 is 0 Å². The number of nitrogens with zero attached hydrogens (tertiary/aromatic N) is 1. The van der Waals surface area contributed by atoms with Gasteiger partial charge in [-0.15, -0.1) is 0 Å². The number of nitrogens with one attached hydrogen (secondary N) is 1. The smallest absolute Gasteiger partial charge is 0.369 e. The fourth-order valence-corrected chi connectivity index (χ4v) is 2.57. The summed E-state index contributed by atoms with van der Waals surface area (Å²) in [5.41, 5.74) is 4.54. The Kier molecular flexibility index (Phi) is 4.08. The average molecular weight is 301 g/mol. The van der Waals surface area contributed by atoms with Crippen LogP contribution in [-0.2, 0) is 14.8 Å². The number of alkyl halides is 3. The van der Waals surface area contributed by atoms with Crippen molar-refractivity contribution in [3.63, 3.8) is 0 Å². The van der Waals surface area contributed by atoms with E-state index in [1.165, 1.54) is 0 Å². The Bertz CT molecular complexity index is 526. The standard InChI is InChI=1S/C8H10F3N3O4S/c9-8(10,11)1-2-14-7(16)13-5(3-6(12)15)4-19(14,17)18/h4H,1-3H2,(H2,12,15)(H,13,16). The van der Waals surface area contributed by atoms with Crippen LogP contribution in [0.4, 0.5) is 18.0 Å². The molecule has 11 heteroatoms. The lowest BCUT2D eigenvalue weighted by molar-refractivity contribution is -0.134. The second-order valence-corrected chi connectivity index (χ2v) is 5.41. The van der Waals surface area contributed by atoms with Crippen molar-refractivity contribution in [3.05, 3.63) is 11.1 Å². The fraction of sp³-hybridized carbons (Fsp3) is 0.500. The van der Waals surface area contributed by atoms with Crippen LogP contribution in [-0.4, -0.2) is 37.4 Å². The zero-order valence-corrected chi connectivity index (χ0v) is 10.2. The minimum atomic E-state index is -4.59. The van der Waals surface area contributed by atoms with Gasteiger partial charge in [0.25, 0.3) is 10.0 Å². The van der Waals surface area contributed by atoms with Crippen molar-refractivity contribution in [3.8, 4) is 0 Å². The SMILES string of the molecule is NC(=O)CC1=CS(=O)(=O)N(CCC(F)(F)F)C(=O)N1. The molecule has 1 aliphatic rings. The second-order valence-electron chi connectivity index (χ2n) is 3.70. The lowest BCUT2D eigenvalue weighted by Gasteiger charge is -2.26. The van der Waals surface area contributed by atoms with E-state index < -0.39 is 47.5 Å². The number of nitrogens with two attached hydrogens (primary N) is 1. The molecule has 3 amide bonds. The van der Waals surface area contributed by atoms with Crippen molar-refractivity contribution < 1.29 is 31.2 Å². The van der Waals surface area contributed by atoms with Crippen LogP contribution in [0.1, 0.15) is 12.8 Å². The van der Waals surface area contributed by atoms with Gasteiger partial charge in [0.1, 0.15) is 0 Å². The molecule has 1 aliphatic heterocycles. The summed E-state index contributed by atoms with van der Waals surface area (Å²) in [4.78, 5) is 22.0. The van der Waals surface area contributed by atoms with Crippen molar-refractivity contribution in [2.75, 3.05) is 6.54 Å². The minimum absolute atomic E-state index is 0.0466. The maximum atomic E-state index is 12.0. The summed E-state index contributed by atoms with van der Waals surface area (Å²) in [6, 6.07) is -1.25. The third-order valence-electron chi connectivity index (χ3n) is 2.06. The van der Waals surface area contributed by atoms with E-state index in [0.717, 1.165) is 0 Å². The first-order valence-electron chi connectivity index (χ1n) is 4.90. The molecule has 0 saturated carbocycles. The zero-order valence-electron chi connectivity index (χ0n) is 9.40. The highest BCUT2D eigenvalue weighted by atomic mass is 32.2. The number of hydrogen-bond acceptors (Lipinski definition) is 4. The van der Waals surface area contributed by atoms with E-state index in [0.29, 0.717) is 5.41 Å². The lowest BCUT2D eigenvalue weighted by atomic mass is 10.3. The van der Waals surface area contributed by atoms with Crippen LogP contribution >= 0.6 is 0 Å². The Morgan fingerprint density at radius 3 is 2.42 bits per heavy atom. The van der Waals surface area contributed by atoms with Crippen LogP contribution in [0.25, 0.3) is 0 Å². The van der Waals surface area contributed by atoms with Gasteiger partial charge in [0.05, 0.1) is 18.2 Å². The van der Waals surface area contributed by atoms with Crippen LogP contribution in [0, 0.1) is 0 Å². The Labute approximate surface area is 106 Å². The summed E-state index contributed by atoms with van der Waals surface area (Å²) in [7, 11) is -4.34. The molecule has 0 saturated heterocycles. The summed E-state index contributed by atoms with van der Waals surface area (Å²) < 4.78 is 59.2. The molecule has 0 aromatic rings. The molecule has 1 heterocycles. The molecule has 19 heavy (non-hydrogen) atoms. The Morgan fingerprint density at radius 2 is 2.00 bits per heavy atom. The fourth-order valence-electron chi connectivity index (χ4n) is 1.32. The Balaban J connectivity index is 2.90. The summed E-state index contributed by atoms with van der Waals surface area (Å²) in [5.74, 6) is -0.884. The van der Waals surface area contributed by atoms with Gasteiger partial charge in [0.2, 0.25) is 5.91 Å². The van der Waals surface area contributed by atoms with Gasteiger partial charge in [-0.3, -0.25) is 4.79 Å². The monoisotopic (exact) mass is 301 g/mol. The number of urea groups is 1. The summed E-state index contributed by atoms with van der Waals surface area (Å²) >= 11 is 0. The molecular formula is C8H10F3N3O4S. The molecule has 1 rings (SSSR count). The van der Waals surface area contributed by atoms with Crippen LogP contribution in [0.5, 0.6) is 0 Å². The van der Waals surface area contributed by atoms with Crippen molar-refractivity contribution in [1.82, 2.24) is 9.62 Å². The largest absolute Gasteiger partial charge is 0.390 e. The Morgan fingerprint density at radius 1 is 1.42 bits per heavy atom. The van der Waals surface area contributed by atoms with E-state index in [2.05, 4.69) is 0 Å². The molecule has 0 unspecified atom stereocenters. The third kappa shape index (κ3) is 4.43. The molecule has 3 N–H and O–H groups in total. The van der Waals surface area contributed by atoms with Gasteiger partial charge in [-0.25, -0.2) is 17.5 Å². The molecule has 108 valence electrons. The van der Waals surface area contributed by atoms with Crippen LogP contribution in [0.15, 0.2) is 11.1 Å². The summed E-state index contributed by atoms with van der Waals surface area (Å²) in [5, 5.41) is 2.50. The van der Waals surface area contributed by atoms with Gasteiger partial charge < -0.3 is 11.1 Å². The van der Waals surface area contributed by atoms with Gasteiger partial charge in [-0.05, 0) is 0 Å². The van der Waals surface area contributed by atoms with Gasteiger partial charge >= 0.3 is 12.2 Å². The third-order valence-corrected chi connectivity index (χ3v) is 3.60. The highest BCUT2D eigenvalue weighted by molar-refractivity contribution is 7.92. The predicted octanol–water partition coefficient (Wildman–Crippen LogP) is 0.0106. The van der Waals surface area contributed by atoms with Gasteiger partial charge in [-0.1, -0.05) is 0 Å². The molecule has 0 spiro atoms. The normalized spacial score (nSPS) is 18.8. The van der Waals surface area contributed by atoms with E-state index in [9.17, 15) is 31.2 Å². The first-order chi connectivity index (χ1) is 8.51. The number of hydrogen-bond donors (Lipinski definition) is 2. The summed E-state index contributed by atoms with van der Waals surface area (Å²) in [6.07, 6.45) is -6.58. The molecule has 0 fully saturated rings. The number of carbonyl (C=O) groups excluding carboxylic acids is 2. The number of amides is 3. The molecule has 0 atom stereocenters. The van der Waals surface area contributed by atoms with Gasteiger partial charge in [0.15, 0.2) is 0 Å². The molecule has 0 aromatic heterocycles. The second kappa shape index (κ2) is 5.07. The van der Waals surface area contributed by atoms with E-state index in [1.54, 1.807) is 0 Å². The number of rotatable bonds is 4. The van der Waals surface area contributed by atoms with Crippen molar-refractivity contribution >= 4 is 22.0 Å². The van der Waals surface area contributed by atoms with Crippen molar-refractivity contribution in [1.29, 1.82) is 0 Å².